The highest BCUT2D eigenvalue weighted by atomic mass is 35.5. The van der Waals surface area contributed by atoms with E-state index in [1.807, 2.05) is 0 Å². The molecule has 0 aliphatic heterocycles. The summed E-state index contributed by atoms with van der Waals surface area (Å²) in [6.07, 6.45) is 10.5. The summed E-state index contributed by atoms with van der Waals surface area (Å²) in [4.78, 5) is 28.0. The van der Waals surface area contributed by atoms with E-state index in [9.17, 15) is 14.7 Å². The van der Waals surface area contributed by atoms with Crippen LogP contribution in [-0.2, 0) is 22.0 Å². The van der Waals surface area contributed by atoms with Gasteiger partial charge in [-0.15, -0.1) is 0 Å². The number of hydrogen-bond acceptors (Lipinski definition) is 2. The summed E-state index contributed by atoms with van der Waals surface area (Å²) in [6, 6.07) is 6.80. The quantitative estimate of drug-likeness (QED) is 0.353. The van der Waals surface area contributed by atoms with Crippen molar-refractivity contribution in [2.45, 2.75) is 109 Å². The second-order valence-corrected chi connectivity index (χ2v) is 13.5. The number of nitrogens with one attached hydrogen (secondary N) is 2. The number of benzene rings is 1. The third-order valence-electron chi connectivity index (χ3n) is 9.07. The molecule has 37 heavy (non-hydrogen) atoms. The average molecular weight is 525 g/mol. The standard InChI is InChI=1S/C31H41ClN2O3/c1-30(2,3)21-13-19(14-22(17-21)31(4)10-11-31)25-24(12-18-8-6-5-7-9-18)34-27(26(25)32)28(35)33-23-15-20(16-23)29(36)37/h13-14,17-18,20,23,34H,5-12,15-16H2,1-4H3,(H,33,35)(H,36,37)/t20-,23-. The van der Waals surface area contributed by atoms with Gasteiger partial charge in [-0.3, -0.25) is 9.59 Å². The molecule has 3 saturated carbocycles. The Labute approximate surface area is 225 Å². The number of carboxylic acids is 1. The SMILES string of the molecule is CC(C)(C)c1cc(-c2c(CC3CCCCC3)[nH]c(C(=O)N[C@H]3C[C@H](C(=O)O)C3)c2Cl)cc(C2(C)CC2)c1. The van der Waals surface area contributed by atoms with Crippen molar-refractivity contribution in [3.8, 4) is 11.1 Å². The summed E-state index contributed by atoms with van der Waals surface area (Å²) in [5, 5.41) is 12.7. The van der Waals surface area contributed by atoms with Gasteiger partial charge in [0.25, 0.3) is 5.91 Å². The fourth-order valence-electron chi connectivity index (χ4n) is 6.04. The molecule has 2 aromatic rings. The van der Waals surface area contributed by atoms with Gasteiger partial charge in [0.15, 0.2) is 0 Å². The molecule has 1 aromatic carbocycles. The third-order valence-corrected chi connectivity index (χ3v) is 9.45. The van der Waals surface area contributed by atoms with E-state index in [0.717, 1.165) is 23.2 Å². The lowest BCUT2D eigenvalue weighted by Gasteiger charge is -2.32. The van der Waals surface area contributed by atoms with Gasteiger partial charge in [0.2, 0.25) is 0 Å². The van der Waals surface area contributed by atoms with Crippen molar-refractivity contribution in [1.29, 1.82) is 0 Å². The van der Waals surface area contributed by atoms with Gasteiger partial charge in [-0.1, -0.05) is 89.6 Å². The van der Waals surface area contributed by atoms with Crippen LogP contribution in [0, 0.1) is 11.8 Å². The Morgan fingerprint density at radius 2 is 1.78 bits per heavy atom. The maximum Gasteiger partial charge on any atom is 0.306 e. The molecule has 0 unspecified atom stereocenters. The van der Waals surface area contributed by atoms with Gasteiger partial charge < -0.3 is 15.4 Å². The lowest BCUT2D eigenvalue weighted by Crippen LogP contribution is -2.46. The summed E-state index contributed by atoms with van der Waals surface area (Å²) >= 11 is 7.06. The number of aromatic amines is 1. The first-order valence-corrected chi connectivity index (χ1v) is 14.4. The number of hydrogen-bond donors (Lipinski definition) is 3. The predicted molar refractivity (Wildman–Crippen MR) is 148 cm³/mol. The Morgan fingerprint density at radius 1 is 1.11 bits per heavy atom. The average Bonchev–Trinajstić information content (AvgIpc) is 3.49. The van der Waals surface area contributed by atoms with E-state index in [0.29, 0.717) is 29.5 Å². The molecule has 6 heteroatoms. The number of aliphatic carboxylic acids is 1. The van der Waals surface area contributed by atoms with Crippen molar-refractivity contribution in [3.05, 3.63) is 45.7 Å². The third kappa shape index (κ3) is 5.48. The van der Waals surface area contributed by atoms with E-state index in [1.54, 1.807) is 0 Å². The molecule has 0 saturated heterocycles. The highest BCUT2D eigenvalue weighted by Crippen LogP contribution is 2.50. The van der Waals surface area contributed by atoms with Crippen molar-refractivity contribution in [2.75, 3.05) is 0 Å². The summed E-state index contributed by atoms with van der Waals surface area (Å²) in [7, 11) is 0. The van der Waals surface area contributed by atoms with E-state index in [1.165, 1.54) is 56.1 Å². The zero-order valence-electron chi connectivity index (χ0n) is 22.7. The minimum Gasteiger partial charge on any atom is -0.481 e. The number of rotatable bonds is 7. The molecule has 0 spiro atoms. The molecule has 3 fully saturated rings. The molecule has 5 rings (SSSR count). The van der Waals surface area contributed by atoms with Crippen LogP contribution in [0.5, 0.6) is 0 Å². The Morgan fingerprint density at radius 3 is 2.38 bits per heavy atom. The first kappa shape index (κ1) is 26.3. The van der Waals surface area contributed by atoms with Gasteiger partial charge in [-0.25, -0.2) is 0 Å². The summed E-state index contributed by atoms with van der Waals surface area (Å²) in [5.74, 6) is -0.813. The highest BCUT2D eigenvalue weighted by Gasteiger charge is 2.40. The predicted octanol–water partition coefficient (Wildman–Crippen LogP) is 7.40. The van der Waals surface area contributed by atoms with E-state index in [2.05, 4.69) is 56.2 Å². The van der Waals surface area contributed by atoms with E-state index < -0.39 is 5.97 Å². The fraction of sp³-hybridized carbons (Fsp3) is 0.613. The fourth-order valence-corrected chi connectivity index (χ4v) is 6.40. The largest absolute Gasteiger partial charge is 0.481 e. The van der Waals surface area contributed by atoms with Crippen LogP contribution in [0.4, 0.5) is 0 Å². The maximum absolute atomic E-state index is 13.3. The normalized spacial score (nSPS) is 23.4. The monoisotopic (exact) mass is 524 g/mol. The van der Waals surface area contributed by atoms with Crippen molar-refractivity contribution >= 4 is 23.5 Å². The Hall–Kier alpha value is -2.27. The van der Waals surface area contributed by atoms with E-state index >= 15 is 0 Å². The Kier molecular flexibility index (Phi) is 6.97. The minimum absolute atomic E-state index is 0.00651. The van der Waals surface area contributed by atoms with Gasteiger partial charge in [-0.05, 0) is 65.5 Å². The molecule has 200 valence electrons. The second kappa shape index (κ2) is 9.80. The maximum atomic E-state index is 13.3. The van der Waals surface area contributed by atoms with E-state index in [4.69, 9.17) is 11.6 Å². The number of H-pyrrole nitrogens is 1. The van der Waals surface area contributed by atoms with Gasteiger partial charge >= 0.3 is 5.97 Å². The molecule has 3 aliphatic carbocycles. The second-order valence-electron chi connectivity index (χ2n) is 13.2. The van der Waals surface area contributed by atoms with Crippen LogP contribution in [0.15, 0.2) is 18.2 Å². The van der Waals surface area contributed by atoms with Gasteiger partial charge in [0, 0.05) is 17.3 Å². The van der Waals surface area contributed by atoms with Crippen LogP contribution in [0.2, 0.25) is 5.02 Å². The number of halogens is 1. The van der Waals surface area contributed by atoms with Crippen molar-refractivity contribution in [2.24, 2.45) is 11.8 Å². The zero-order valence-corrected chi connectivity index (χ0v) is 23.4. The molecule has 0 radical (unpaired) electrons. The molecule has 1 heterocycles. The first-order valence-electron chi connectivity index (χ1n) is 14.0. The highest BCUT2D eigenvalue weighted by molar-refractivity contribution is 6.36. The number of carbonyl (C=O) groups excluding carboxylic acids is 1. The molecule has 0 bridgehead atoms. The molecule has 3 N–H and O–H groups in total. The van der Waals surface area contributed by atoms with Crippen LogP contribution in [0.3, 0.4) is 0 Å². The van der Waals surface area contributed by atoms with Gasteiger partial charge in [-0.2, -0.15) is 0 Å². The molecular formula is C31H41ClN2O3. The van der Waals surface area contributed by atoms with Crippen molar-refractivity contribution < 1.29 is 14.7 Å². The number of carbonyl (C=O) groups is 2. The van der Waals surface area contributed by atoms with Crippen molar-refractivity contribution in [1.82, 2.24) is 10.3 Å². The van der Waals surface area contributed by atoms with Crippen molar-refractivity contribution in [3.63, 3.8) is 0 Å². The van der Waals surface area contributed by atoms with Crippen LogP contribution in [-0.4, -0.2) is 28.0 Å². The smallest absolute Gasteiger partial charge is 0.306 e. The molecule has 1 aromatic heterocycles. The first-order chi connectivity index (χ1) is 17.4. The van der Waals surface area contributed by atoms with Crippen LogP contribution in [0.25, 0.3) is 11.1 Å². The summed E-state index contributed by atoms with van der Waals surface area (Å²) < 4.78 is 0. The molecular weight excluding hydrogens is 484 g/mol. The van der Waals surface area contributed by atoms with Crippen LogP contribution >= 0.6 is 11.6 Å². The Balaban J connectivity index is 1.53. The molecule has 1 amide bonds. The Bertz CT molecular complexity index is 1170. The molecule has 0 atom stereocenters. The number of amides is 1. The zero-order chi connectivity index (χ0) is 26.5. The minimum atomic E-state index is -0.792. The number of carboxylic acid groups (broad SMARTS) is 1. The van der Waals surface area contributed by atoms with Gasteiger partial charge in [0.05, 0.1) is 10.9 Å². The van der Waals surface area contributed by atoms with Crippen LogP contribution < -0.4 is 5.32 Å². The molecule has 3 aliphatic rings. The summed E-state index contributed by atoms with van der Waals surface area (Å²) in [6.45, 7) is 9.07. The molecule has 5 nitrogen and oxygen atoms in total. The lowest BCUT2D eigenvalue weighted by molar-refractivity contribution is -0.145. The van der Waals surface area contributed by atoms with Gasteiger partial charge in [0.1, 0.15) is 5.69 Å². The van der Waals surface area contributed by atoms with Crippen LogP contribution in [0.1, 0.15) is 113 Å². The topological polar surface area (TPSA) is 82.2 Å². The number of aromatic nitrogens is 1. The summed E-state index contributed by atoms with van der Waals surface area (Å²) in [5.41, 5.74) is 6.37. The lowest BCUT2D eigenvalue weighted by atomic mass is 9.80. The van der Waals surface area contributed by atoms with E-state index in [-0.39, 0.29) is 28.7 Å².